The van der Waals surface area contributed by atoms with Gasteiger partial charge in [0.1, 0.15) is 0 Å². The predicted molar refractivity (Wildman–Crippen MR) is 82.5 cm³/mol. The fourth-order valence-electron chi connectivity index (χ4n) is 2.43. The Bertz CT molecular complexity index is 789. The van der Waals surface area contributed by atoms with Gasteiger partial charge in [0.05, 0.1) is 6.54 Å². The number of aryl methyl sites for hydroxylation is 1. The third kappa shape index (κ3) is 2.35. The van der Waals surface area contributed by atoms with E-state index in [-0.39, 0.29) is 5.78 Å². The van der Waals surface area contributed by atoms with Gasteiger partial charge >= 0.3 is 0 Å². The molecule has 3 rings (SSSR count). The van der Waals surface area contributed by atoms with Gasteiger partial charge in [-0.25, -0.2) is 0 Å². The normalized spacial score (nSPS) is 10.9. The third-order valence-electron chi connectivity index (χ3n) is 3.49. The molecule has 3 heteroatoms. The molecule has 0 radical (unpaired) electrons. The standard InChI is InChI=1S/C17H14ClNO/c1-12-4-2-3-5-15(12)17(20)11-19-9-8-13-10-14(18)6-7-16(13)19/h2-10H,11H2,1H3. The van der Waals surface area contributed by atoms with Gasteiger partial charge in [-0.2, -0.15) is 0 Å². The Labute approximate surface area is 122 Å². The van der Waals surface area contributed by atoms with Crippen LogP contribution in [-0.4, -0.2) is 10.4 Å². The Morgan fingerprint density at radius 1 is 1.15 bits per heavy atom. The Hall–Kier alpha value is -2.06. The van der Waals surface area contributed by atoms with Gasteiger partial charge < -0.3 is 4.57 Å². The van der Waals surface area contributed by atoms with E-state index in [4.69, 9.17) is 11.6 Å². The van der Waals surface area contributed by atoms with Crippen LogP contribution in [0.3, 0.4) is 0 Å². The fourth-order valence-corrected chi connectivity index (χ4v) is 2.62. The smallest absolute Gasteiger partial charge is 0.182 e. The summed E-state index contributed by atoms with van der Waals surface area (Å²) < 4.78 is 1.96. The van der Waals surface area contributed by atoms with E-state index in [1.807, 2.05) is 66.2 Å². The van der Waals surface area contributed by atoms with Crippen molar-refractivity contribution in [2.75, 3.05) is 0 Å². The number of fused-ring (bicyclic) bond motifs is 1. The van der Waals surface area contributed by atoms with E-state index in [9.17, 15) is 4.79 Å². The van der Waals surface area contributed by atoms with E-state index in [1.165, 1.54) is 0 Å². The van der Waals surface area contributed by atoms with Crippen molar-refractivity contribution in [2.24, 2.45) is 0 Å². The Morgan fingerprint density at radius 2 is 1.95 bits per heavy atom. The first-order chi connectivity index (χ1) is 9.65. The number of carbonyl (C=O) groups is 1. The van der Waals surface area contributed by atoms with Crippen molar-refractivity contribution in [1.29, 1.82) is 0 Å². The van der Waals surface area contributed by atoms with Gasteiger partial charge in [0.15, 0.2) is 5.78 Å². The molecular weight excluding hydrogens is 270 g/mol. The van der Waals surface area contributed by atoms with Crippen molar-refractivity contribution >= 4 is 28.3 Å². The highest BCUT2D eigenvalue weighted by Gasteiger charge is 2.10. The number of Topliss-reactive ketones (excluding diaryl/α,β-unsaturated/α-hetero) is 1. The Kier molecular flexibility index (Phi) is 3.33. The first kappa shape index (κ1) is 12.9. The lowest BCUT2D eigenvalue weighted by Crippen LogP contribution is -2.10. The van der Waals surface area contributed by atoms with Crippen molar-refractivity contribution < 1.29 is 4.79 Å². The number of benzene rings is 2. The highest BCUT2D eigenvalue weighted by Crippen LogP contribution is 2.21. The van der Waals surface area contributed by atoms with Crippen molar-refractivity contribution in [3.8, 4) is 0 Å². The molecule has 0 bridgehead atoms. The minimum Gasteiger partial charge on any atom is -0.340 e. The molecule has 0 amide bonds. The summed E-state index contributed by atoms with van der Waals surface area (Å²) in [7, 11) is 0. The van der Waals surface area contributed by atoms with E-state index in [0.29, 0.717) is 11.6 Å². The number of halogens is 1. The second-order valence-electron chi connectivity index (χ2n) is 4.88. The minimum atomic E-state index is 0.121. The fraction of sp³-hybridized carbons (Fsp3) is 0.118. The number of carbonyl (C=O) groups excluding carboxylic acids is 1. The molecule has 0 fully saturated rings. The van der Waals surface area contributed by atoms with Gasteiger partial charge in [0, 0.05) is 27.7 Å². The van der Waals surface area contributed by atoms with E-state index in [2.05, 4.69) is 0 Å². The number of nitrogens with zero attached hydrogens (tertiary/aromatic N) is 1. The monoisotopic (exact) mass is 283 g/mol. The number of hydrogen-bond acceptors (Lipinski definition) is 1. The van der Waals surface area contributed by atoms with Gasteiger partial charge in [-0.15, -0.1) is 0 Å². The van der Waals surface area contributed by atoms with Gasteiger partial charge in [0.25, 0.3) is 0 Å². The van der Waals surface area contributed by atoms with Crippen LogP contribution in [-0.2, 0) is 6.54 Å². The Morgan fingerprint density at radius 3 is 2.75 bits per heavy atom. The number of hydrogen-bond donors (Lipinski definition) is 0. The van der Waals surface area contributed by atoms with Crippen molar-refractivity contribution in [2.45, 2.75) is 13.5 Å². The molecule has 0 atom stereocenters. The summed E-state index contributed by atoms with van der Waals surface area (Å²) in [6.07, 6.45) is 1.93. The maximum Gasteiger partial charge on any atom is 0.182 e. The molecule has 0 aliphatic carbocycles. The van der Waals surface area contributed by atoms with Crippen LogP contribution in [0.4, 0.5) is 0 Å². The third-order valence-corrected chi connectivity index (χ3v) is 3.73. The molecule has 0 unspecified atom stereocenters. The van der Waals surface area contributed by atoms with Crippen LogP contribution < -0.4 is 0 Å². The lowest BCUT2D eigenvalue weighted by atomic mass is 10.1. The number of rotatable bonds is 3. The average Bonchev–Trinajstić information content (AvgIpc) is 2.81. The minimum absolute atomic E-state index is 0.121. The largest absolute Gasteiger partial charge is 0.340 e. The Balaban J connectivity index is 1.94. The summed E-state index contributed by atoms with van der Waals surface area (Å²) in [5, 5.41) is 1.76. The highest BCUT2D eigenvalue weighted by atomic mass is 35.5. The first-order valence-corrected chi connectivity index (χ1v) is 6.86. The van der Waals surface area contributed by atoms with Gasteiger partial charge in [-0.3, -0.25) is 4.79 Å². The molecule has 1 aromatic heterocycles. The second kappa shape index (κ2) is 5.14. The molecule has 1 heterocycles. The summed E-state index contributed by atoms with van der Waals surface area (Å²) >= 11 is 5.97. The molecule has 0 saturated heterocycles. The molecule has 0 spiro atoms. The maximum absolute atomic E-state index is 12.4. The molecule has 100 valence electrons. The summed E-state index contributed by atoms with van der Waals surface area (Å²) in [6.45, 7) is 2.30. The van der Waals surface area contributed by atoms with Gasteiger partial charge in [-0.05, 0) is 36.8 Å². The van der Waals surface area contributed by atoms with Crippen LogP contribution in [0.5, 0.6) is 0 Å². The van der Waals surface area contributed by atoms with Crippen molar-refractivity contribution in [1.82, 2.24) is 4.57 Å². The maximum atomic E-state index is 12.4. The lowest BCUT2D eigenvalue weighted by molar-refractivity contribution is 0.0973. The van der Waals surface area contributed by atoms with Crippen LogP contribution >= 0.6 is 11.6 Å². The van der Waals surface area contributed by atoms with Crippen molar-refractivity contribution in [3.05, 3.63) is 70.9 Å². The highest BCUT2D eigenvalue weighted by molar-refractivity contribution is 6.31. The summed E-state index contributed by atoms with van der Waals surface area (Å²) in [5.41, 5.74) is 2.82. The van der Waals surface area contributed by atoms with E-state index >= 15 is 0 Å². The molecule has 0 N–H and O–H groups in total. The topological polar surface area (TPSA) is 22.0 Å². The van der Waals surface area contributed by atoms with E-state index in [1.54, 1.807) is 0 Å². The first-order valence-electron chi connectivity index (χ1n) is 6.48. The van der Waals surface area contributed by atoms with Gasteiger partial charge in [-0.1, -0.05) is 35.9 Å². The van der Waals surface area contributed by atoms with Crippen molar-refractivity contribution in [3.63, 3.8) is 0 Å². The zero-order valence-electron chi connectivity index (χ0n) is 11.1. The number of ketones is 1. The van der Waals surface area contributed by atoms with Crippen LogP contribution in [0, 0.1) is 6.92 Å². The molecule has 0 saturated carbocycles. The number of aromatic nitrogens is 1. The molecule has 20 heavy (non-hydrogen) atoms. The predicted octanol–water partition coefficient (Wildman–Crippen LogP) is 4.49. The molecule has 0 aliphatic rings. The average molecular weight is 284 g/mol. The summed E-state index contributed by atoms with van der Waals surface area (Å²) in [6, 6.07) is 15.4. The summed E-state index contributed by atoms with van der Waals surface area (Å²) in [4.78, 5) is 12.4. The lowest BCUT2D eigenvalue weighted by Gasteiger charge is -2.07. The van der Waals surface area contributed by atoms with Crippen LogP contribution in [0.15, 0.2) is 54.7 Å². The van der Waals surface area contributed by atoms with Crippen LogP contribution in [0.2, 0.25) is 5.02 Å². The molecule has 3 aromatic rings. The zero-order chi connectivity index (χ0) is 14.1. The van der Waals surface area contributed by atoms with Crippen LogP contribution in [0.1, 0.15) is 15.9 Å². The van der Waals surface area contributed by atoms with E-state index in [0.717, 1.165) is 22.0 Å². The quantitative estimate of drug-likeness (QED) is 0.649. The SMILES string of the molecule is Cc1ccccc1C(=O)Cn1ccc2cc(Cl)ccc21. The molecule has 2 nitrogen and oxygen atoms in total. The molecule has 2 aromatic carbocycles. The summed E-state index contributed by atoms with van der Waals surface area (Å²) in [5.74, 6) is 0.121. The zero-order valence-corrected chi connectivity index (χ0v) is 11.9. The molecule has 0 aliphatic heterocycles. The van der Waals surface area contributed by atoms with E-state index < -0.39 is 0 Å². The van der Waals surface area contributed by atoms with Gasteiger partial charge in [0.2, 0.25) is 0 Å². The second-order valence-corrected chi connectivity index (χ2v) is 5.32. The van der Waals surface area contributed by atoms with Crippen LogP contribution in [0.25, 0.3) is 10.9 Å². The molecular formula is C17H14ClNO.